The van der Waals surface area contributed by atoms with E-state index < -0.39 is 5.82 Å². The van der Waals surface area contributed by atoms with Gasteiger partial charge < -0.3 is 14.6 Å². The number of benzene rings is 2. The zero-order valence-electron chi connectivity index (χ0n) is 13.9. The van der Waals surface area contributed by atoms with E-state index in [0.29, 0.717) is 0 Å². The zero-order valence-corrected chi connectivity index (χ0v) is 13.9. The molecule has 0 bridgehead atoms. The molecular formula is C20H19FN2O2. The average molecular weight is 338 g/mol. The number of hydrogen-bond acceptors (Lipinski definition) is 2. The highest BCUT2D eigenvalue weighted by Gasteiger charge is 2.18. The molecule has 1 N–H and O–H groups in total. The Morgan fingerprint density at radius 3 is 2.40 bits per heavy atom. The molecular weight excluding hydrogens is 319 g/mol. The topological polar surface area (TPSA) is 43.3 Å². The van der Waals surface area contributed by atoms with Gasteiger partial charge in [-0.1, -0.05) is 24.3 Å². The predicted molar refractivity (Wildman–Crippen MR) is 95.2 cm³/mol. The number of para-hydroxylation sites is 1. The Balaban J connectivity index is 1.80. The standard InChI is InChI=1S/C20H19FN2O2/c1-25-16-10-8-15(9-11-16)19(23-12-4-5-13-23)14-20(24)22-18-7-3-2-6-17(18)21/h2-13,19H,14H2,1H3,(H,22,24). The number of rotatable bonds is 6. The number of methoxy groups -OCH3 is 1. The molecule has 0 fully saturated rings. The molecule has 0 spiro atoms. The van der Waals surface area contributed by atoms with Crippen LogP contribution >= 0.6 is 0 Å². The van der Waals surface area contributed by atoms with Gasteiger partial charge in [0.2, 0.25) is 5.91 Å². The molecule has 1 heterocycles. The third-order valence-corrected chi connectivity index (χ3v) is 4.01. The maximum absolute atomic E-state index is 13.7. The van der Waals surface area contributed by atoms with Gasteiger partial charge in [0.25, 0.3) is 0 Å². The molecule has 5 heteroatoms. The number of carbonyl (C=O) groups excluding carboxylic acids is 1. The van der Waals surface area contributed by atoms with Crippen LogP contribution < -0.4 is 10.1 Å². The highest BCUT2D eigenvalue weighted by molar-refractivity contribution is 5.91. The minimum absolute atomic E-state index is 0.187. The van der Waals surface area contributed by atoms with Crippen molar-refractivity contribution < 1.29 is 13.9 Å². The number of amides is 1. The van der Waals surface area contributed by atoms with Crippen molar-refractivity contribution in [1.29, 1.82) is 0 Å². The Bertz CT molecular complexity index is 829. The van der Waals surface area contributed by atoms with Crippen LogP contribution in [-0.2, 0) is 4.79 Å². The second-order valence-electron chi connectivity index (χ2n) is 5.65. The van der Waals surface area contributed by atoms with Crippen molar-refractivity contribution in [2.45, 2.75) is 12.5 Å². The molecule has 0 saturated carbocycles. The number of ether oxygens (including phenoxy) is 1. The Hall–Kier alpha value is -3.08. The molecule has 0 saturated heterocycles. The lowest BCUT2D eigenvalue weighted by molar-refractivity contribution is -0.116. The SMILES string of the molecule is COc1ccc(C(CC(=O)Nc2ccccc2F)n2cccc2)cc1. The van der Waals surface area contributed by atoms with Crippen LogP contribution in [0.5, 0.6) is 5.75 Å². The molecule has 3 aromatic rings. The van der Waals surface area contributed by atoms with Crippen LogP contribution in [-0.4, -0.2) is 17.6 Å². The van der Waals surface area contributed by atoms with Crippen LogP contribution in [0.15, 0.2) is 73.1 Å². The Labute approximate surface area is 145 Å². The van der Waals surface area contributed by atoms with Gasteiger partial charge in [0, 0.05) is 12.4 Å². The summed E-state index contributed by atoms with van der Waals surface area (Å²) in [6.45, 7) is 0. The van der Waals surface area contributed by atoms with Crippen LogP contribution in [0.4, 0.5) is 10.1 Å². The maximum Gasteiger partial charge on any atom is 0.226 e. The molecule has 25 heavy (non-hydrogen) atoms. The van der Waals surface area contributed by atoms with Crippen molar-refractivity contribution in [3.63, 3.8) is 0 Å². The van der Waals surface area contributed by atoms with E-state index in [4.69, 9.17) is 4.74 Å². The number of hydrogen-bond donors (Lipinski definition) is 1. The summed E-state index contributed by atoms with van der Waals surface area (Å²) in [7, 11) is 1.61. The van der Waals surface area contributed by atoms with Crippen LogP contribution in [0.25, 0.3) is 0 Å². The van der Waals surface area contributed by atoms with Gasteiger partial charge in [-0.2, -0.15) is 0 Å². The molecule has 1 aromatic heterocycles. The van der Waals surface area contributed by atoms with Gasteiger partial charge in [0.05, 0.1) is 25.3 Å². The van der Waals surface area contributed by atoms with Crippen molar-refractivity contribution in [2.75, 3.05) is 12.4 Å². The van der Waals surface area contributed by atoms with Gasteiger partial charge in [-0.25, -0.2) is 4.39 Å². The summed E-state index contributed by atoms with van der Waals surface area (Å²) in [4.78, 5) is 12.5. The number of carbonyl (C=O) groups is 1. The molecule has 2 aromatic carbocycles. The van der Waals surface area contributed by atoms with Crippen LogP contribution in [0.1, 0.15) is 18.0 Å². The lowest BCUT2D eigenvalue weighted by Gasteiger charge is -2.20. The van der Waals surface area contributed by atoms with Crippen molar-refractivity contribution in [3.8, 4) is 5.75 Å². The summed E-state index contributed by atoms with van der Waals surface area (Å²) in [5.41, 5.74) is 1.16. The van der Waals surface area contributed by atoms with E-state index in [1.54, 1.807) is 25.3 Å². The van der Waals surface area contributed by atoms with E-state index in [9.17, 15) is 9.18 Å². The Morgan fingerprint density at radius 2 is 1.76 bits per heavy atom. The molecule has 1 amide bonds. The smallest absolute Gasteiger partial charge is 0.226 e. The van der Waals surface area contributed by atoms with Crippen molar-refractivity contribution in [1.82, 2.24) is 4.57 Å². The molecule has 0 aliphatic heterocycles. The second kappa shape index (κ2) is 7.66. The van der Waals surface area contributed by atoms with Crippen molar-refractivity contribution in [2.24, 2.45) is 0 Å². The second-order valence-corrected chi connectivity index (χ2v) is 5.65. The van der Waals surface area contributed by atoms with Crippen LogP contribution in [0.2, 0.25) is 0 Å². The molecule has 4 nitrogen and oxygen atoms in total. The summed E-state index contributed by atoms with van der Waals surface area (Å²) in [6, 6.07) is 17.4. The van der Waals surface area contributed by atoms with Gasteiger partial charge in [-0.15, -0.1) is 0 Å². The van der Waals surface area contributed by atoms with E-state index >= 15 is 0 Å². The average Bonchev–Trinajstić information content (AvgIpc) is 3.16. The van der Waals surface area contributed by atoms with E-state index in [-0.39, 0.29) is 24.1 Å². The summed E-state index contributed by atoms with van der Waals surface area (Å²) in [5.74, 6) is 0.0586. The quantitative estimate of drug-likeness (QED) is 0.730. The summed E-state index contributed by atoms with van der Waals surface area (Å²) in [6.07, 6.45) is 4.01. The summed E-state index contributed by atoms with van der Waals surface area (Å²) in [5, 5.41) is 2.64. The first-order valence-corrected chi connectivity index (χ1v) is 7.98. The molecule has 0 radical (unpaired) electrons. The number of nitrogens with zero attached hydrogens (tertiary/aromatic N) is 1. The monoisotopic (exact) mass is 338 g/mol. The van der Waals surface area contributed by atoms with E-state index in [1.807, 2.05) is 53.4 Å². The number of aromatic nitrogens is 1. The molecule has 1 unspecified atom stereocenters. The van der Waals surface area contributed by atoms with E-state index in [2.05, 4.69) is 5.32 Å². The number of nitrogens with one attached hydrogen (secondary N) is 1. The van der Waals surface area contributed by atoms with Gasteiger partial charge in [0.15, 0.2) is 0 Å². The first-order chi connectivity index (χ1) is 12.2. The Kier molecular flexibility index (Phi) is 5.14. The minimum Gasteiger partial charge on any atom is -0.497 e. The molecule has 0 aliphatic carbocycles. The van der Waals surface area contributed by atoms with Crippen molar-refractivity contribution in [3.05, 3.63) is 84.4 Å². The highest BCUT2D eigenvalue weighted by Crippen LogP contribution is 2.25. The number of anilines is 1. The normalized spacial score (nSPS) is 11.8. The molecule has 128 valence electrons. The van der Waals surface area contributed by atoms with Crippen LogP contribution in [0, 0.1) is 5.82 Å². The van der Waals surface area contributed by atoms with Gasteiger partial charge >= 0.3 is 0 Å². The fourth-order valence-electron chi connectivity index (χ4n) is 2.72. The highest BCUT2D eigenvalue weighted by atomic mass is 19.1. The fourth-order valence-corrected chi connectivity index (χ4v) is 2.72. The predicted octanol–water partition coefficient (Wildman–Crippen LogP) is 4.25. The van der Waals surface area contributed by atoms with Gasteiger partial charge in [-0.3, -0.25) is 4.79 Å². The summed E-state index contributed by atoms with van der Waals surface area (Å²) >= 11 is 0. The van der Waals surface area contributed by atoms with Crippen LogP contribution in [0.3, 0.4) is 0 Å². The van der Waals surface area contributed by atoms with E-state index in [0.717, 1.165) is 11.3 Å². The molecule has 1 atom stereocenters. The number of halogens is 1. The third-order valence-electron chi connectivity index (χ3n) is 4.01. The lowest BCUT2D eigenvalue weighted by Crippen LogP contribution is -2.20. The zero-order chi connectivity index (χ0) is 17.6. The largest absolute Gasteiger partial charge is 0.497 e. The lowest BCUT2D eigenvalue weighted by atomic mass is 10.0. The first kappa shape index (κ1) is 16.8. The minimum atomic E-state index is -0.446. The summed E-state index contributed by atoms with van der Waals surface area (Å²) < 4.78 is 20.9. The van der Waals surface area contributed by atoms with Gasteiger partial charge in [0.1, 0.15) is 11.6 Å². The first-order valence-electron chi connectivity index (χ1n) is 7.98. The maximum atomic E-state index is 13.7. The molecule has 0 aliphatic rings. The molecule has 3 rings (SSSR count). The fraction of sp³-hybridized carbons (Fsp3) is 0.150. The van der Waals surface area contributed by atoms with E-state index in [1.165, 1.54) is 6.07 Å². The van der Waals surface area contributed by atoms with Crippen molar-refractivity contribution >= 4 is 11.6 Å². The third kappa shape index (κ3) is 4.07. The Morgan fingerprint density at radius 1 is 1.08 bits per heavy atom. The van der Waals surface area contributed by atoms with Gasteiger partial charge in [-0.05, 0) is 42.0 Å².